The van der Waals surface area contributed by atoms with E-state index in [0.717, 1.165) is 33.4 Å². The Morgan fingerprint density at radius 3 is 2.21 bits per heavy atom. The van der Waals surface area contributed by atoms with Crippen molar-refractivity contribution in [1.82, 2.24) is 0 Å². The molecule has 2 aromatic rings. The molecule has 1 aliphatic rings. The number of methoxy groups -OCH3 is 3. The molecule has 0 saturated heterocycles. The van der Waals surface area contributed by atoms with Gasteiger partial charge in [0.1, 0.15) is 5.82 Å². The number of hydrogen-bond acceptors (Lipinski definition) is 4. The fraction of sp³-hybridized carbons (Fsp3) is 0.304. The fourth-order valence-electron chi connectivity index (χ4n) is 3.68. The van der Waals surface area contributed by atoms with Crippen LogP contribution in [0.1, 0.15) is 36.5 Å². The molecule has 0 amide bonds. The van der Waals surface area contributed by atoms with E-state index >= 15 is 0 Å². The summed E-state index contributed by atoms with van der Waals surface area (Å²) < 4.78 is 30.2. The van der Waals surface area contributed by atoms with Gasteiger partial charge in [-0.25, -0.2) is 4.39 Å². The molecule has 0 aliphatic heterocycles. The Bertz CT molecular complexity index is 919. The molecule has 0 saturated carbocycles. The lowest BCUT2D eigenvalue weighted by atomic mass is 10.00. The molecule has 0 fully saturated rings. The first kappa shape index (κ1) is 20.0. The zero-order chi connectivity index (χ0) is 20.3. The highest BCUT2D eigenvalue weighted by molar-refractivity contribution is 6.05. The molecule has 28 heavy (non-hydrogen) atoms. The van der Waals surface area contributed by atoms with Crippen LogP contribution < -0.4 is 14.2 Å². The SMILES string of the molecule is COc1cc(C=C2C(C)=C(CCCO)c3cc(F)ccc32)cc(OC)c1OC. The van der Waals surface area contributed by atoms with E-state index in [1.165, 1.54) is 6.07 Å². The average molecular weight is 384 g/mol. The first-order valence-electron chi connectivity index (χ1n) is 9.17. The van der Waals surface area contributed by atoms with Gasteiger partial charge in [-0.15, -0.1) is 0 Å². The highest BCUT2D eigenvalue weighted by Crippen LogP contribution is 2.45. The molecule has 0 aromatic heterocycles. The summed E-state index contributed by atoms with van der Waals surface area (Å²) in [7, 11) is 4.74. The first-order chi connectivity index (χ1) is 13.5. The van der Waals surface area contributed by atoms with Gasteiger partial charge >= 0.3 is 0 Å². The summed E-state index contributed by atoms with van der Waals surface area (Å²) in [6.07, 6.45) is 3.38. The monoisotopic (exact) mass is 384 g/mol. The van der Waals surface area contributed by atoms with Crippen LogP contribution in [-0.4, -0.2) is 33.0 Å². The lowest BCUT2D eigenvalue weighted by Gasteiger charge is -2.13. The molecule has 0 unspecified atom stereocenters. The Morgan fingerprint density at radius 1 is 0.964 bits per heavy atom. The first-order valence-corrected chi connectivity index (χ1v) is 9.17. The van der Waals surface area contributed by atoms with Gasteiger partial charge in [-0.2, -0.15) is 0 Å². The van der Waals surface area contributed by atoms with Crippen LogP contribution in [0.15, 0.2) is 35.9 Å². The van der Waals surface area contributed by atoms with Crippen molar-refractivity contribution in [3.63, 3.8) is 0 Å². The molecule has 0 bridgehead atoms. The number of hydrogen-bond donors (Lipinski definition) is 1. The summed E-state index contributed by atoms with van der Waals surface area (Å²) in [4.78, 5) is 0. The summed E-state index contributed by atoms with van der Waals surface area (Å²) in [6, 6.07) is 8.63. The third-order valence-electron chi connectivity index (χ3n) is 5.04. The van der Waals surface area contributed by atoms with Crippen LogP contribution in [0.5, 0.6) is 17.2 Å². The standard InChI is InChI=1S/C23H25FO4/c1-14-17(6-5-9-25)20-13-16(24)7-8-18(20)19(14)10-15-11-21(26-2)23(28-4)22(12-15)27-3/h7-8,10-13,25H,5-6,9H2,1-4H3. The predicted octanol–water partition coefficient (Wildman–Crippen LogP) is 4.95. The topological polar surface area (TPSA) is 47.9 Å². The summed E-state index contributed by atoms with van der Waals surface area (Å²) in [6.45, 7) is 2.14. The van der Waals surface area contributed by atoms with Crippen LogP contribution in [0.2, 0.25) is 0 Å². The van der Waals surface area contributed by atoms with Crippen molar-refractivity contribution in [2.45, 2.75) is 19.8 Å². The van der Waals surface area contributed by atoms with Crippen molar-refractivity contribution in [2.75, 3.05) is 27.9 Å². The minimum Gasteiger partial charge on any atom is -0.493 e. The summed E-state index contributed by atoms with van der Waals surface area (Å²) in [5, 5.41) is 9.23. The van der Waals surface area contributed by atoms with E-state index in [9.17, 15) is 9.50 Å². The van der Waals surface area contributed by atoms with Crippen molar-refractivity contribution in [3.05, 3.63) is 58.4 Å². The number of benzene rings is 2. The van der Waals surface area contributed by atoms with Crippen LogP contribution >= 0.6 is 0 Å². The van der Waals surface area contributed by atoms with E-state index in [-0.39, 0.29) is 12.4 Å². The number of ether oxygens (including phenoxy) is 3. The zero-order valence-corrected chi connectivity index (χ0v) is 16.6. The van der Waals surface area contributed by atoms with Gasteiger partial charge in [0.2, 0.25) is 5.75 Å². The molecule has 3 rings (SSSR count). The molecule has 148 valence electrons. The van der Waals surface area contributed by atoms with E-state index in [4.69, 9.17) is 14.2 Å². The van der Waals surface area contributed by atoms with Gasteiger partial charge in [-0.3, -0.25) is 0 Å². The van der Waals surface area contributed by atoms with Crippen LogP contribution in [0, 0.1) is 5.82 Å². The van der Waals surface area contributed by atoms with Crippen molar-refractivity contribution >= 4 is 17.2 Å². The van der Waals surface area contributed by atoms with Gasteiger partial charge in [0, 0.05) is 6.61 Å². The zero-order valence-electron chi connectivity index (χ0n) is 16.6. The lowest BCUT2D eigenvalue weighted by Crippen LogP contribution is -1.95. The Morgan fingerprint density at radius 2 is 1.64 bits per heavy atom. The van der Waals surface area contributed by atoms with Gasteiger partial charge in [-0.1, -0.05) is 6.07 Å². The normalized spacial score (nSPS) is 14.4. The van der Waals surface area contributed by atoms with Gasteiger partial charge in [-0.05, 0) is 83.5 Å². The average Bonchev–Trinajstić information content (AvgIpc) is 2.95. The van der Waals surface area contributed by atoms with Crippen molar-refractivity contribution < 1.29 is 23.7 Å². The highest BCUT2D eigenvalue weighted by atomic mass is 19.1. The molecule has 5 heteroatoms. The third-order valence-corrected chi connectivity index (χ3v) is 5.04. The smallest absolute Gasteiger partial charge is 0.203 e. The Hall–Kier alpha value is -2.79. The van der Waals surface area contributed by atoms with E-state index in [1.807, 2.05) is 31.2 Å². The van der Waals surface area contributed by atoms with E-state index in [1.54, 1.807) is 27.4 Å². The second-order valence-corrected chi connectivity index (χ2v) is 6.64. The van der Waals surface area contributed by atoms with Crippen LogP contribution in [0.3, 0.4) is 0 Å². The van der Waals surface area contributed by atoms with Gasteiger partial charge < -0.3 is 19.3 Å². The molecule has 0 heterocycles. The predicted molar refractivity (Wildman–Crippen MR) is 109 cm³/mol. The quantitative estimate of drug-likeness (QED) is 0.734. The van der Waals surface area contributed by atoms with Gasteiger partial charge in [0.25, 0.3) is 0 Å². The van der Waals surface area contributed by atoms with Gasteiger partial charge in [0.15, 0.2) is 11.5 Å². The maximum absolute atomic E-state index is 13.9. The minimum atomic E-state index is -0.262. The second-order valence-electron chi connectivity index (χ2n) is 6.64. The van der Waals surface area contributed by atoms with E-state index in [0.29, 0.717) is 30.1 Å². The second kappa shape index (κ2) is 8.48. The molecule has 2 aromatic carbocycles. The summed E-state index contributed by atoms with van der Waals surface area (Å²) in [5.41, 5.74) is 5.95. The molecule has 0 atom stereocenters. The van der Waals surface area contributed by atoms with Crippen molar-refractivity contribution in [1.29, 1.82) is 0 Å². The molecule has 0 spiro atoms. The van der Waals surface area contributed by atoms with Crippen molar-refractivity contribution in [2.24, 2.45) is 0 Å². The van der Waals surface area contributed by atoms with Crippen LogP contribution in [0.25, 0.3) is 17.2 Å². The summed E-state index contributed by atoms with van der Waals surface area (Å²) >= 11 is 0. The number of aliphatic hydroxyl groups excluding tert-OH is 1. The number of allylic oxidation sites excluding steroid dienone is 3. The minimum absolute atomic E-state index is 0.105. The van der Waals surface area contributed by atoms with Crippen LogP contribution in [-0.2, 0) is 0 Å². The number of fused-ring (bicyclic) bond motifs is 1. The molecule has 4 nitrogen and oxygen atoms in total. The molecular weight excluding hydrogens is 359 g/mol. The Balaban J connectivity index is 2.15. The Kier molecular flexibility index (Phi) is 6.05. The molecular formula is C23H25FO4. The number of halogens is 1. The largest absolute Gasteiger partial charge is 0.493 e. The Labute approximate surface area is 164 Å². The molecule has 1 N–H and O–H groups in total. The molecule has 1 aliphatic carbocycles. The third kappa shape index (κ3) is 3.62. The van der Waals surface area contributed by atoms with Crippen molar-refractivity contribution in [3.8, 4) is 17.2 Å². The van der Waals surface area contributed by atoms with Crippen LogP contribution in [0.4, 0.5) is 4.39 Å². The maximum atomic E-state index is 13.9. The van der Waals surface area contributed by atoms with E-state index < -0.39 is 0 Å². The van der Waals surface area contributed by atoms with E-state index in [2.05, 4.69) is 0 Å². The fourth-order valence-corrected chi connectivity index (χ4v) is 3.68. The lowest BCUT2D eigenvalue weighted by molar-refractivity contribution is 0.290. The maximum Gasteiger partial charge on any atom is 0.203 e. The van der Waals surface area contributed by atoms with Gasteiger partial charge in [0.05, 0.1) is 21.3 Å². The summed E-state index contributed by atoms with van der Waals surface area (Å²) in [5.74, 6) is 1.43. The molecule has 0 radical (unpaired) electrons. The number of rotatable bonds is 7. The highest BCUT2D eigenvalue weighted by Gasteiger charge is 2.24. The number of aliphatic hydroxyl groups is 1.